The van der Waals surface area contributed by atoms with Gasteiger partial charge in [-0.1, -0.05) is 26.7 Å². The lowest BCUT2D eigenvalue weighted by Crippen LogP contribution is -2.51. The van der Waals surface area contributed by atoms with Crippen LogP contribution in [0.1, 0.15) is 58.8 Å². The molecule has 2 aliphatic heterocycles. The number of hydrogen-bond donors (Lipinski definition) is 2. The maximum Gasteiger partial charge on any atom is 0.321 e. The van der Waals surface area contributed by atoms with Crippen LogP contribution < -0.4 is 10.6 Å². The number of likely N-dealkylation sites (tertiary alicyclic amines) is 1. The van der Waals surface area contributed by atoms with Crippen molar-refractivity contribution in [2.24, 2.45) is 5.92 Å². The summed E-state index contributed by atoms with van der Waals surface area (Å²) >= 11 is 0. The third kappa shape index (κ3) is 4.73. The Morgan fingerprint density at radius 3 is 2.56 bits per heavy atom. The van der Waals surface area contributed by atoms with Crippen LogP contribution in [0.4, 0.5) is 4.79 Å². The van der Waals surface area contributed by atoms with Crippen molar-refractivity contribution in [2.45, 2.75) is 76.9 Å². The Labute approximate surface area is 151 Å². The molecule has 25 heavy (non-hydrogen) atoms. The zero-order valence-corrected chi connectivity index (χ0v) is 15.8. The molecule has 3 amide bonds. The van der Waals surface area contributed by atoms with Gasteiger partial charge in [-0.3, -0.25) is 15.0 Å². The molecule has 2 heterocycles. The molecule has 142 valence electrons. The van der Waals surface area contributed by atoms with Crippen LogP contribution in [0.2, 0.25) is 0 Å². The molecule has 3 aliphatic rings. The van der Waals surface area contributed by atoms with Crippen molar-refractivity contribution in [3.63, 3.8) is 0 Å². The smallest absolute Gasteiger partial charge is 0.321 e. The van der Waals surface area contributed by atoms with Crippen molar-refractivity contribution in [2.75, 3.05) is 26.2 Å². The number of urea groups is 1. The number of carbonyl (C=O) groups is 2. The fourth-order valence-electron chi connectivity index (χ4n) is 4.85. The largest absolute Gasteiger partial charge is 0.335 e. The summed E-state index contributed by atoms with van der Waals surface area (Å²) in [4.78, 5) is 29.4. The van der Waals surface area contributed by atoms with Gasteiger partial charge in [-0.2, -0.15) is 0 Å². The van der Waals surface area contributed by atoms with Crippen molar-refractivity contribution in [1.82, 2.24) is 20.4 Å². The third-order valence-corrected chi connectivity index (χ3v) is 6.47. The number of imide groups is 1. The lowest BCUT2D eigenvalue weighted by molar-refractivity contribution is -0.121. The number of hydrogen-bond acceptors (Lipinski definition) is 4. The Hall–Kier alpha value is -1.14. The van der Waals surface area contributed by atoms with Gasteiger partial charge in [0.1, 0.15) is 0 Å². The van der Waals surface area contributed by atoms with Crippen molar-refractivity contribution < 1.29 is 9.59 Å². The van der Waals surface area contributed by atoms with Crippen molar-refractivity contribution in [3.05, 3.63) is 0 Å². The average Bonchev–Trinajstić information content (AvgIpc) is 2.83. The first kappa shape index (κ1) is 18.6. The summed E-state index contributed by atoms with van der Waals surface area (Å²) in [5.41, 5.74) is 0. The maximum absolute atomic E-state index is 12.4. The molecule has 0 aromatic carbocycles. The topological polar surface area (TPSA) is 64.7 Å². The second-order valence-corrected chi connectivity index (χ2v) is 8.13. The highest BCUT2D eigenvalue weighted by Crippen LogP contribution is 2.29. The Morgan fingerprint density at radius 2 is 1.80 bits per heavy atom. The van der Waals surface area contributed by atoms with Gasteiger partial charge >= 0.3 is 6.03 Å². The van der Waals surface area contributed by atoms with Gasteiger partial charge < -0.3 is 10.2 Å². The second-order valence-electron chi connectivity index (χ2n) is 8.13. The molecule has 4 atom stereocenters. The lowest BCUT2D eigenvalue weighted by Gasteiger charge is -2.30. The van der Waals surface area contributed by atoms with Gasteiger partial charge in [-0.25, -0.2) is 4.79 Å². The Kier molecular flexibility index (Phi) is 6.34. The predicted octanol–water partition coefficient (Wildman–Crippen LogP) is 1.95. The number of carbonyl (C=O) groups excluding carboxylic acids is 2. The molecule has 3 fully saturated rings. The van der Waals surface area contributed by atoms with Crippen LogP contribution in [0.5, 0.6) is 0 Å². The van der Waals surface area contributed by atoms with E-state index in [4.69, 9.17) is 0 Å². The number of likely N-dealkylation sites (N-methyl/N-ethyl adjacent to an activating group) is 1. The molecule has 0 radical (unpaired) electrons. The molecule has 2 saturated heterocycles. The normalized spacial score (nSPS) is 33.7. The van der Waals surface area contributed by atoms with E-state index in [1.807, 2.05) is 0 Å². The number of nitrogens with zero attached hydrogens (tertiary/aromatic N) is 2. The van der Waals surface area contributed by atoms with Crippen LogP contribution in [0.15, 0.2) is 0 Å². The molecule has 3 rings (SSSR count). The molecule has 1 aliphatic carbocycles. The molecule has 0 aromatic heterocycles. The van der Waals surface area contributed by atoms with E-state index in [1.54, 1.807) is 0 Å². The van der Waals surface area contributed by atoms with Crippen LogP contribution in [-0.4, -0.2) is 66.0 Å². The maximum atomic E-state index is 12.4. The summed E-state index contributed by atoms with van der Waals surface area (Å²) in [5, 5.41) is 5.57. The summed E-state index contributed by atoms with van der Waals surface area (Å²) in [7, 11) is 0. The van der Waals surface area contributed by atoms with E-state index in [2.05, 4.69) is 34.3 Å². The standard InChI is InChI=1S/C19H34N4O2/c1-3-22-11-10-15-8-9-16(12-22)23(15)13-18(24)21-19(25)20-17-7-5-4-6-14(17)2/h14-17H,3-13H2,1-2H3,(H2,20,21,24,25)/t14-,15-,16+,17+/m1/s1. The minimum absolute atomic E-state index is 0.164. The van der Waals surface area contributed by atoms with Crippen molar-refractivity contribution >= 4 is 11.9 Å². The molecule has 6 nitrogen and oxygen atoms in total. The summed E-state index contributed by atoms with van der Waals surface area (Å²) in [6.45, 7) is 7.97. The minimum Gasteiger partial charge on any atom is -0.335 e. The molecule has 0 aromatic rings. The quantitative estimate of drug-likeness (QED) is 0.813. The van der Waals surface area contributed by atoms with Crippen LogP contribution in [0, 0.1) is 5.92 Å². The molecule has 0 spiro atoms. The van der Waals surface area contributed by atoms with Crippen molar-refractivity contribution in [3.8, 4) is 0 Å². The van der Waals surface area contributed by atoms with E-state index in [0.717, 1.165) is 45.3 Å². The SMILES string of the molecule is CCN1CC[C@H]2CC[C@@H](C1)N2CC(=O)NC(=O)N[C@H]1CCCC[C@H]1C. The Bertz CT molecular complexity index is 484. The third-order valence-electron chi connectivity index (χ3n) is 6.47. The Morgan fingerprint density at radius 1 is 1.04 bits per heavy atom. The molecule has 0 unspecified atom stereocenters. The highest BCUT2D eigenvalue weighted by molar-refractivity contribution is 5.95. The van der Waals surface area contributed by atoms with Gasteiger partial charge in [0.2, 0.25) is 5.91 Å². The lowest BCUT2D eigenvalue weighted by atomic mass is 9.86. The second kappa shape index (κ2) is 8.49. The number of nitrogens with one attached hydrogen (secondary N) is 2. The van der Waals surface area contributed by atoms with Crippen LogP contribution >= 0.6 is 0 Å². The molecule has 2 bridgehead atoms. The van der Waals surface area contributed by atoms with Gasteiger partial charge in [-0.05, 0) is 51.1 Å². The first-order valence-electron chi connectivity index (χ1n) is 10.1. The molecule has 2 N–H and O–H groups in total. The summed E-state index contributed by atoms with van der Waals surface area (Å²) < 4.78 is 0. The van der Waals surface area contributed by atoms with Gasteiger partial charge in [0.25, 0.3) is 0 Å². The van der Waals surface area contributed by atoms with E-state index in [9.17, 15) is 9.59 Å². The predicted molar refractivity (Wildman–Crippen MR) is 98.3 cm³/mol. The molecular weight excluding hydrogens is 316 g/mol. The van der Waals surface area contributed by atoms with E-state index >= 15 is 0 Å². The monoisotopic (exact) mass is 350 g/mol. The zero-order valence-electron chi connectivity index (χ0n) is 15.8. The summed E-state index contributed by atoms with van der Waals surface area (Å²) in [6, 6.07) is 0.837. The molecule has 6 heteroatoms. The number of amides is 3. The summed E-state index contributed by atoms with van der Waals surface area (Å²) in [6.07, 6.45) is 8.06. The van der Waals surface area contributed by atoms with Gasteiger partial charge in [0.15, 0.2) is 0 Å². The number of rotatable bonds is 4. The van der Waals surface area contributed by atoms with Gasteiger partial charge in [-0.15, -0.1) is 0 Å². The van der Waals surface area contributed by atoms with Crippen LogP contribution in [0.25, 0.3) is 0 Å². The first-order valence-corrected chi connectivity index (χ1v) is 10.1. The van der Waals surface area contributed by atoms with Gasteiger partial charge in [0, 0.05) is 24.7 Å². The minimum atomic E-state index is -0.318. The van der Waals surface area contributed by atoms with E-state index in [0.29, 0.717) is 24.5 Å². The average molecular weight is 351 g/mol. The van der Waals surface area contributed by atoms with E-state index in [-0.39, 0.29) is 18.0 Å². The van der Waals surface area contributed by atoms with E-state index < -0.39 is 0 Å². The van der Waals surface area contributed by atoms with Crippen LogP contribution in [-0.2, 0) is 4.79 Å². The molecule has 1 saturated carbocycles. The van der Waals surface area contributed by atoms with Crippen molar-refractivity contribution in [1.29, 1.82) is 0 Å². The fraction of sp³-hybridized carbons (Fsp3) is 0.895. The Balaban J connectivity index is 1.48. The van der Waals surface area contributed by atoms with Gasteiger partial charge in [0.05, 0.1) is 6.54 Å². The van der Waals surface area contributed by atoms with Crippen LogP contribution in [0.3, 0.4) is 0 Å². The zero-order chi connectivity index (χ0) is 17.8. The summed E-state index contributed by atoms with van der Waals surface area (Å²) in [5.74, 6) is 0.332. The fourth-order valence-corrected chi connectivity index (χ4v) is 4.85. The molecular formula is C19H34N4O2. The number of fused-ring (bicyclic) bond motifs is 2. The van der Waals surface area contributed by atoms with E-state index in [1.165, 1.54) is 19.3 Å². The highest BCUT2D eigenvalue weighted by Gasteiger charge is 2.37. The first-order chi connectivity index (χ1) is 12.1. The highest BCUT2D eigenvalue weighted by atomic mass is 16.2.